The van der Waals surface area contributed by atoms with E-state index in [0.29, 0.717) is 17.3 Å². The summed E-state index contributed by atoms with van der Waals surface area (Å²) in [4.78, 5) is 13.7. The molecule has 0 saturated heterocycles. The Morgan fingerprint density at radius 3 is 2.78 bits per heavy atom. The van der Waals surface area contributed by atoms with E-state index in [4.69, 9.17) is 4.74 Å². The molecule has 1 N–H and O–H groups in total. The normalized spacial score (nSPS) is 12.2. The third-order valence-electron chi connectivity index (χ3n) is 5.05. The Morgan fingerprint density at radius 2 is 1.94 bits per heavy atom. The Balaban J connectivity index is 1.42. The molecule has 3 aromatic heterocycles. The number of nitrogens with zero attached hydrogens (tertiary/aromatic N) is 5. The van der Waals surface area contributed by atoms with Crippen molar-refractivity contribution in [2.75, 3.05) is 11.1 Å². The van der Waals surface area contributed by atoms with Gasteiger partial charge in [-0.3, -0.25) is 4.21 Å². The Labute approximate surface area is 186 Å². The molecule has 0 aliphatic rings. The van der Waals surface area contributed by atoms with Crippen LogP contribution >= 0.6 is 0 Å². The molecule has 1 atom stereocenters. The van der Waals surface area contributed by atoms with Crippen LogP contribution in [0, 0.1) is 6.92 Å². The summed E-state index contributed by atoms with van der Waals surface area (Å²) in [7, 11) is -1.04. The fraction of sp³-hybridized carbons (Fsp3) is 0.130. The molecule has 160 valence electrons. The SMILES string of the molecule is CCS(=O)c1ccc2ncnc(Nc3ccc(Oc4ccn5ncnc5c4)c(C)c3)c2c1. The molecule has 2 aromatic carbocycles. The average Bonchev–Trinajstić information content (AvgIpc) is 3.28. The molecule has 5 aromatic rings. The van der Waals surface area contributed by atoms with Crippen LogP contribution in [0.15, 0.2) is 72.3 Å². The fourth-order valence-corrected chi connectivity index (χ4v) is 4.21. The third-order valence-corrected chi connectivity index (χ3v) is 6.35. The van der Waals surface area contributed by atoms with Crippen LogP contribution in [0.2, 0.25) is 0 Å². The summed E-state index contributed by atoms with van der Waals surface area (Å²) in [6.45, 7) is 3.88. The Kier molecular flexibility index (Phi) is 5.24. The highest BCUT2D eigenvalue weighted by Gasteiger charge is 2.10. The molecule has 9 heteroatoms. The highest BCUT2D eigenvalue weighted by molar-refractivity contribution is 7.85. The van der Waals surface area contributed by atoms with Gasteiger partial charge in [-0.05, 0) is 55.0 Å². The van der Waals surface area contributed by atoms with Crippen LogP contribution in [0.1, 0.15) is 12.5 Å². The highest BCUT2D eigenvalue weighted by Crippen LogP contribution is 2.30. The van der Waals surface area contributed by atoms with Crippen molar-refractivity contribution in [2.24, 2.45) is 0 Å². The van der Waals surface area contributed by atoms with Crippen LogP contribution < -0.4 is 10.1 Å². The summed E-state index contributed by atoms with van der Waals surface area (Å²) in [5.41, 5.74) is 3.34. The maximum Gasteiger partial charge on any atom is 0.158 e. The fourth-order valence-electron chi connectivity index (χ4n) is 3.41. The number of pyridine rings is 1. The molecule has 0 aliphatic heterocycles. The number of rotatable bonds is 6. The molecular formula is C23H20N6O2S. The number of fused-ring (bicyclic) bond motifs is 2. The van der Waals surface area contributed by atoms with Crippen molar-refractivity contribution in [3.8, 4) is 11.5 Å². The van der Waals surface area contributed by atoms with E-state index < -0.39 is 10.8 Å². The van der Waals surface area contributed by atoms with Gasteiger partial charge in [0.25, 0.3) is 0 Å². The summed E-state index contributed by atoms with van der Waals surface area (Å²) in [6, 6.07) is 15.1. The van der Waals surface area contributed by atoms with Gasteiger partial charge in [-0.1, -0.05) is 6.92 Å². The molecular weight excluding hydrogens is 424 g/mol. The summed E-state index contributed by atoms with van der Waals surface area (Å²) in [5, 5.41) is 8.27. The number of anilines is 2. The van der Waals surface area contributed by atoms with Gasteiger partial charge in [0.05, 0.1) is 16.3 Å². The minimum Gasteiger partial charge on any atom is -0.457 e. The largest absolute Gasteiger partial charge is 0.457 e. The van der Waals surface area contributed by atoms with Gasteiger partial charge >= 0.3 is 0 Å². The predicted molar refractivity (Wildman–Crippen MR) is 124 cm³/mol. The number of hydrogen-bond acceptors (Lipinski definition) is 7. The molecule has 8 nitrogen and oxygen atoms in total. The number of aromatic nitrogens is 5. The van der Waals surface area contributed by atoms with Crippen molar-refractivity contribution in [3.05, 3.63) is 72.9 Å². The van der Waals surface area contributed by atoms with E-state index in [1.165, 1.54) is 12.7 Å². The number of benzene rings is 2. The molecule has 0 spiro atoms. The van der Waals surface area contributed by atoms with Crippen molar-refractivity contribution in [1.82, 2.24) is 24.6 Å². The zero-order valence-electron chi connectivity index (χ0n) is 17.5. The zero-order valence-corrected chi connectivity index (χ0v) is 18.3. The molecule has 0 bridgehead atoms. The second-order valence-corrected chi connectivity index (χ2v) is 8.91. The Morgan fingerprint density at radius 1 is 1.03 bits per heavy atom. The van der Waals surface area contributed by atoms with Crippen LogP contribution in [-0.4, -0.2) is 34.5 Å². The second kappa shape index (κ2) is 8.35. The lowest BCUT2D eigenvalue weighted by atomic mass is 10.2. The van der Waals surface area contributed by atoms with Crippen molar-refractivity contribution in [3.63, 3.8) is 0 Å². The van der Waals surface area contributed by atoms with Gasteiger partial charge in [0, 0.05) is 34.0 Å². The van der Waals surface area contributed by atoms with E-state index in [1.54, 1.807) is 4.52 Å². The minimum absolute atomic E-state index is 0.562. The van der Waals surface area contributed by atoms with Gasteiger partial charge in [0.1, 0.15) is 30.0 Å². The zero-order chi connectivity index (χ0) is 22.1. The van der Waals surface area contributed by atoms with Crippen LogP contribution in [0.3, 0.4) is 0 Å². The van der Waals surface area contributed by atoms with Gasteiger partial charge in [-0.25, -0.2) is 19.5 Å². The smallest absolute Gasteiger partial charge is 0.158 e. The lowest BCUT2D eigenvalue weighted by molar-refractivity contribution is 0.478. The molecule has 0 saturated carbocycles. The monoisotopic (exact) mass is 444 g/mol. The predicted octanol–water partition coefficient (Wildman–Crippen LogP) is 4.64. The number of aryl methyl sites for hydroxylation is 1. The van der Waals surface area contributed by atoms with Gasteiger partial charge in [-0.15, -0.1) is 0 Å². The summed E-state index contributed by atoms with van der Waals surface area (Å²) in [6.07, 6.45) is 4.83. The van der Waals surface area contributed by atoms with E-state index in [-0.39, 0.29) is 0 Å². The molecule has 1 unspecified atom stereocenters. The maximum atomic E-state index is 12.2. The van der Waals surface area contributed by atoms with Gasteiger partial charge < -0.3 is 10.1 Å². The van der Waals surface area contributed by atoms with E-state index in [1.807, 2.05) is 68.6 Å². The van der Waals surface area contributed by atoms with Crippen LogP contribution in [0.4, 0.5) is 11.5 Å². The Bertz CT molecular complexity index is 1470. The molecule has 32 heavy (non-hydrogen) atoms. The topological polar surface area (TPSA) is 94.3 Å². The molecule has 0 aliphatic carbocycles. The average molecular weight is 445 g/mol. The van der Waals surface area contributed by atoms with Crippen molar-refractivity contribution in [1.29, 1.82) is 0 Å². The first-order valence-electron chi connectivity index (χ1n) is 10.1. The van der Waals surface area contributed by atoms with Crippen molar-refractivity contribution < 1.29 is 8.95 Å². The number of nitrogens with one attached hydrogen (secondary N) is 1. The molecule has 5 rings (SSSR count). The number of ether oxygens (including phenoxy) is 1. The first-order valence-corrected chi connectivity index (χ1v) is 11.4. The number of hydrogen-bond donors (Lipinski definition) is 1. The second-order valence-electron chi connectivity index (χ2n) is 7.17. The molecule has 3 heterocycles. The van der Waals surface area contributed by atoms with E-state index in [9.17, 15) is 4.21 Å². The summed E-state index contributed by atoms with van der Waals surface area (Å²) < 4.78 is 20.0. The van der Waals surface area contributed by atoms with Crippen LogP contribution in [0.5, 0.6) is 11.5 Å². The third kappa shape index (κ3) is 3.90. The Hall–Kier alpha value is -3.85. The standard InChI is InChI=1S/C23H20N6O2S/c1-3-32(30)18-5-6-20-19(12-18)23(26-13-24-20)28-16-4-7-21(15(2)10-16)31-17-8-9-29-22(11-17)25-14-27-29/h4-14H,3H2,1-2H3,(H,24,26,28). The van der Waals surface area contributed by atoms with E-state index in [2.05, 4.69) is 25.4 Å². The summed E-state index contributed by atoms with van der Waals surface area (Å²) in [5.74, 6) is 2.66. The van der Waals surface area contributed by atoms with Gasteiger partial charge in [0.15, 0.2) is 5.65 Å². The van der Waals surface area contributed by atoms with E-state index in [0.717, 1.165) is 38.4 Å². The minimum atomic E-state index is -1.04. The highest BCUT2D eigenvalue weighted by atomic mass is 32.2. The van der Waals surface area contributed by atoms with Crippen molar-refractivity contribution >= 4 is 38.9 Å². The van der Waals surface area contributed by atoms with Gasteiger partial charge in [-0.2, -0.15) is 5.10 Å². The summed E-state index contributed by atoms with van der Waals surface area (Å²) >= 11 is 0. The molecule has 0 fully saturated rings. The quantitative estimate of drug-likeness (QED) is 0.407. The first kappa shape index (κ1) is 20.1. The lowest BCUT2D eigenvalue weighted by Crippen LogP contribution is -1.99. The van der Waals surface area contributed by atoms with Crippen molar-refractivity contribution in [2.45, 2.75) is 18.7 Å². The van der Waals surface area contributed by atoms with Crippen LogP contribution in [-0.2, 0) is 10.8 Å². The first-order chi connectivity index (χ1) is 15.6. The van der Waals surface area contributed by atoms with Gasteiger partial charge in [0.2, 0.25) is 0 Å². The molecule has 0 amide bonds. The lowest BCUT2D eigenvalue weighted by Gasteiger charge is -2.13. The van der Waals surface area contributed by atoms with Crippen LogP contribution in [0.25, 0.3) is 16.6 Å². The van der Waals surface area contributed by atoms with E-state index >= 15 is 0 Å². The maximum absolute atomic E-state index is 12.2. The molecule has 0 radical (unpaired) electrons.